The van der Waals surface area contributed by atoms with E-state index in [0.717, 1.165) is 33.7 Å². The first-order valence-corrected chi connectivity index (χ1v) is 10.0. The minimum Gasteiger partial charge on any atom is -0.322 e. The summed E-state index contributed by atoms with van der Waals surface area (Å²) in [4.78, 5) is 17.5. The zero-order valence-electron chi connectivity index (χ0n) is 17.5. The lowest BCUT2D eigenvalue weighted by Crippen LogP contribution is -2.13. The van der Waals surface area contributed by atoms with Crippen molar-refractivity contribution in [2.75, 3.05) is 5.32 Å². The van der Waals surface area contributed by atoms with Gasteiger partial charge in [-0.15, -0.1) is 5.10 Å². The fraction of sp³-hybridized carbons (Fsp3) is 0.0833. The summed E-state index contributed by atoms with van der Waals surface area (Å²) in [6.07, 6.45) is 5.41. The number of anilines is 1. The van der Waals surface area contributed by atoms with E-state index >= 15 is 0 Å². The third-order valence-electron chi connectivity index (χ3n) is 5.41. The molecule has 5 aromatic rings. The van der Waals surface area contributed by atoms with E-state index in [1.807, 2.05) is 54.9 Å². The van der Waals surface area contributed by atoms with Gasteiger partial charge in [-0.25, -0.2) is 14.1 Å². The van der Waals surface area contributed by atoms with Crippen molar-refractivity contribution in [3.8, 4) is 22.6 Å². The first-order valence-electron chi connectivity index (χ1n) is 10.0. The van der Waals surface area contributed by atoms with Crippen LogP contribution in [0.15, 0.2) is 73.2 Å². The van der Waals surface area contributed by atoms with Crippen LogP contribution in [0.4, 0.5) is 10.1 Å². The molecule has 0 saturated heterocycles. The number of fused-ring (bicyclic) bond motifs is 1. The summed E-state index contributed by atoms with van der Waals surface area (Å²) in [7, 11) is 1.82. The summed E-state index contributed by atoms with van der Waals surface area (Å²) in [5.41, 5.74) is 5.45. The molecule has 7 nitrogen and oxygen atoms in total. The van der Waals surface area contributed by atoms with Crippen LogP contribution in [0.1, 0.15) is 15.9 Å². The zero-order valence-corrected chi connectivity index (χ0v) is 17.5. The topological polar surface area (TPSA) is 77.1 Å². The van der Waals surface area contributed by atoms with E-state index in [4.69, 9.17) is 0 Å². The Kier molecular flexibility index (Phi) is 4.74. The SMILES string of the molecule is Cc1ccc(-c2cccn3c(-c4cnnn4C)ncc23)cc1C(=O)Nc1ccc(F)cc1. The molecule has 32 heavy (non-hydrogen) atoms. The second kappa shape index (κ2) is 7.73. The van der Waals surface area contributed by atoms with Crippen LogP contribution in [0.5, 0.6) is 0 Å². The van der Waals surface area contributed by atoms with Crippen molar-refractivity contribution >= 4 is 17.1 Å². The molecule has 0 atom stereocenters. The van der Waals surface area contributed by atoms with Crippen molar-refractivity contribution < 1.29 is 9.18 Å². The van der Waals surface area contributed by atoms with Crippen molar-refractivity contribution in [1.82, 2.24) is 24.4 Å². The number of hydrogen-bond acceptors (Lipinski definition) is 4. The molecule has 5 rings (SSSR count). The smallest absolute Gasteiger partial charge is 0.255 e. The highest BCUT2D eigenvalue weighted by molar-refractivity contribution is 6.06. The van der Waals surface area contributed by atoms with Gasteiger partial charge in [0, 0.05) is 30.1 Å². The van der Waals surface area contributed by atoms with E-state index in [1.165, 1.54) is 24.3 Å². The van der Waals surface area contributed by atoms with Crippen molar-refractivity contribution in [2.45, 2.75) is 6.92 Å². The van der Waals surface area contributed by atoms with E-state index in [9.17, 15) is 9.18 Å². The number of carbonyl (C=O) groups is 1. The van der Waals surface area contributed by atoms with Gasteiger partial charge in [-0.05, 0) is 54.4 Å². The van der Waals surface area contributed by atoms with Gasteiger partial charge >= 0.3 is 0 Å². The monoisotopic (exact) mass is 426 g/mol. The molecule has 1 amide bonds. The average Bonchev–Trinajstić information content (AvgIpc) is 3.41. The number of pyridine rings is 1. The normalized spacial score (nSPS) is 11.1. The van der Waals surface area contributed by atoms with Gasteiger partial charge in [0.15, 0.2) is 5.82 Å². The minimum atomic E-state index is -0.351. The number of amides is 1. The van der Waals surface area contributed by atoms with E-state index in [1.54, 1.807) is 17.1 Å². The quantitative estimate of drug-likeness (QED) is 0.459. The van der Waals surface area contributed by atoms with Crippen LogP contribution in [0.3, 0.4) is 0 Å². The summed E-state index contributed by atoms with van der Waals surface area (Å²) in [5, 5.41) is 10.8. The van der Waals surface area contributed by atoms with Crippen LogP contribution < -0.4 is 5.32 Å². The number of rotatable bonds is 4. The second-order valence-electron chi connectivity index (χ2n) is 7.49. The van der Waals surface area contributed by atoms with Gasteiger partial charge in [-0.1, -0.05) is 23.4 Å². The highest BCUT2D eigenvalue weighted by Crippen LogP contribution is 2.29. The molecular formula is C24H19FN6O. The summed E-state index contributed by atoms with van der Waals surface area (Å²) in [6.45, 7) is 1.89. The molecule has 0 aliphatic heterocycles. The number of nitrogens with one attached hydrogen (secondary N) is 1. The molecule has 0 radical (unpaired) electrons. The maximum absolute atomic E-state index is 13.2. The summed E-state index contributed by atoms with van der Waals surface area (Å²) < 4.78 is 16.8. The van der Waals surface area contributed by atoms with Crippen LogP contribution in [0.2, 0.25) is 0 Å². The lowest BCUT2D eigenvalue weighted by atomic mass is 9.99. The molecule has 2 aromatic carbocycles. The number of imidazole rings is 1. The molecule has 0 saturated carbocycles. The Balaban J connectivity index is 1.54. The van der Waals surface area contributed by atoms with Crippen LogP contribution in [0.25, 0.3) is 28.2 Å². The van der Waals surface area contributed by atoms with Crippen LogP contribution in [0, 0.1) is 12.7 Å². The number of aromatic nitrogens is 5. The Bertz CT molecular complexity index is 1450. The standard InChI is InChI=1S/C24H19FN6O/c1-15-5-6-16(12-20(15)24(32)28-18-9-7-17(25)8-10-18)19-4-3-11-31-21(19)13-26-23(31)22-14-27-29-30(22)2/h3-14H,1-2H3,(H,28,32). The van der Waals surface area contributed by atoms with Crippen LogP contribution >= 0.6 is 0 Å². The molecule has 1 N–H and O–H groups in total. The van der Waals surface area contributed by atoms with Gasteiger partial charge in [0.05, 0.1) is 17.9 Å². The van der Waals surface area contributed by atoms with E-state index in [2.05, 4.69) is 20.6 Å². The molecule has 3 aromatic heterocycles. The van der Waals surface area contributed by atoms with E-state index < -0.39 is 0 Å². The number of nitrogens with zero attached hydrogens (tertiary/aromatic N) is 5. The molecule has 0 aliphatic rings. The predicted octanol–water partition coefficient (Wildman–Crippen LogP) is 4.50. The van der Waals surface area contributed by atoms with Gasteiger partial charge in [-0.3, -0.25) is 9.20 Å². The highest BCUT2D eigenvalue weighted by Gasteiger charge is 2.16. The Morgan fingerprint density at radius 1 is 1.06 bits per heavy atom. The van der Waals surface area contributed by atoms with Crippen molar-refractivity contribution in [3.05, 3.63) is 90.1 Å². The van der Waals surface area contributed by atoms with Gasteiger partial charge in [0.1, 0.15) is 11.5 Å². The molecule has 0 bridgehead atoms. The number of aryl methyl sites for hydroxylation is 2. The number of halogens is 1. The lowest BCUT2D eigenvalue weighted by Gasteiger charge is -2.11. The molecule has 0 aliphatic carbocycles. The first kappa shape index (κ1) is 19.6. The van der Waals surface area contributed by atoms with Crippen LogP contribution in [-0.2, 0) is 7.05 Å². The maximum atomic E-state index is 13.2. The average molecular weight is 426 g/mol. The number of benzene rings is 2. The maximum Gasteiger partial charge on any atom is 0.255 e. The summed E-state index contributed by atoms with van der Waals surface area (Å²) in [5.74, 6) is 0.130. The molecular weight excluding hydrogens is 407 g/mol. The van der Waals surface area contributed by atoms with Crippen molar-refractivity contribution in [3.63, 3.8) is 0 Å². The Hall–Kier alpha value is -4.33. The zero-order chi connectivity index (χ0) is 22.2. The Labute approximate surface area is 183 Å². The largest absolute Gasteiger partial charge is 0.322 e. The van der Waals surface area contributed by atoms with Gasteiger partial charge in [0.2, 0.25) is 0 Å². The molecule has 158 valence electrons. The summed E-state index contributed by atoms with van der Waals surface area (Å²) in [6, 6.07) is 15.4. The lowest BCUT2D eigenvalue weighted by molar-refractivity contribution is 0.102. The van der Waals surface area contributed by atoms with E-state index in [0.29, 0.717) is 11.3 Å². The molecule has 0 unspecified atom stereocenters. The first-order chi connectivity index (χ1) is 15.5. The third-order valence-corrected chi connectivity index (χ3v) is 5.41. The molecule has 0 spiro atoms. The Morgan fingerprint density at radius 2 is 1.88 bits per heavy atom. The van der Waals surface area contributed by atoms with Crippen LogP contribution in [-0.4, -0.2) is 30.3 Å². The fourth-order valence-corrected chi connectivity index (χ4v) is 3.71. The molecule has 0 fully saturated rings. The van der Waals surface area contributed by atoms with Gasteiger partial charge in [0.25, 0.3) is 5.91 Å². The summed E-state index contributed by atoms with van der Waals surface area (Å²) >= 11 is 0. The predicted molar refractivity (Wildman–Crippen MR) is 120 cm³/mol. The number of carbonyl (C=O) groups excluding carboxylic acids is 1. The molecule has 3 heterocycles. The van der Waals surface area contributed by atoms with Crippen molar-refractivity contribution in [1.29, 1.82) is 0 Å². The second-order valence-corrected chi connectivity index (χ2v) is 7.49. The molecule has 8 heteroatoms. The van der Waals surface area contributed by atoms with E-state index in [-0.39, 0.29) is 11.7 Å². The van der Waals surface area contributed by atoms with Gasteiger partial charge in [-0.2, -0.15) is 0 Å². The van der Waals surface area contributed by atoms with Crippen molar-refractivity contribution in [2.24, 2.45) is 7.05 Å². The fourth-order valence-electron chi connectivity index (χ4n) is 3.71. The Morgan fingerprint density at radius 3 is 2.62 bits per heavy atom. The van der Waals surface area contributed by atoms with Gasteiger partial charge < -0.3 is 5.32 Å². The highest BCUT2D eigenvalue weighted by atomic mass is 19.1. The minimum absolute atomic E-state index is 0.252. The third kappa shape index (κ3) is 3.41. The number of hydrogen-bond donors (Lipinski definition) is 1.